The van der Waals surface area contributed by atoms with Gasteiger partial charge in [0.15, 0.2) is 11.5 Å². The Hall–Kier alpha value is -4.11. The van der Waals surface area contributed by atoms with Gasteiger partial charge < -0.3 is 9.99 Å². The number of nitrogens with zero attached hydrogens (tertiary/aromatic N) is 6. The topological polar surface area (TPSA) is 111 Å². The number of rotatable bonds is 3. The van der Waals surface area contributed by atoms with Crippen LogP contribution in [0.1, 0.15) is 5.56 Å². The van der Waals surface area contributed by atoms with E-state index in [1.807, 2.05) is 42.5 Å². The molecule has 0 aromatic carbocycles. The molecule has 5 aromatic rings. The Kier molecular flexibility index (Phi) is 3.62. The van der Waals surface area contributed by atoms with Gasteiger partial charge in [0.1, 0.15) is 16.9 Å². The van der Waals surface area contributed by atoms with Crippen LogP contribution in [0.5, 0.6) is 0 Å². The molecule has 0 amide bonds. The second kappa shape index (κ2) is 6.46. The van der Waals surface area contributed by atoms with E-state index in [2.05, 4.69) is 47.8 Å². The van der Waals surface area contributed by atoms with Crippen LogP contribution in [0.15, 0.2) is 55.1 Å². The Labute approximate surface area is 170 Å². The lowest BCUT2D eigenvalue weighted by atomic mass is 10.1. The number of aromatic amines is 2. The number of pyridine rings is 3. The van der Waals surface area contributed by atoms with Crippen molar-refractivity contribution in [3.05, 3.63) is 60.7 Å². The third kappa shape index (κ3) is 2.64. The molecule has 9 heteroatoms. The van der Waals surface area contributed by atoms with Crippen LogP contribution in [0.4, 0.5) is 0 Å². The van der Waals surface area contributed by atoms with Gasteiger partial charge in [0.25, 0.3) is 0 Å². The van der Waals surface area contributed by atoms with Crippen molar-refractivity contribution in [3.8, 4) is 22.9 Å². The van der Waals surface area contributed by atoms with Crippen LogP contribution in [0.2, 0.25) is 0 Å². The highest BCUT2D eigenvalue weighted by atomic mass is 15.5. The number of H-pyrrole nitrogens is 2. The van der Waals surface area contributed by atoms with Crippen LogP contribution >= 0.6 is 0 Å². The molecule has 1 aliphatic heterocycles. The first-order valence-electron chi connectivity index (χ1n) is 9.54. The summed E-state index contributed by atoms with van der Waals surface area (Å²) >= 11 is 0. The van der Waals surface area contributed by atoms with Crippen LogP contribution in [-0.2, 0) is 0 Å². The smallest absolute Gasteiger partial charge is 0.181 e. The average Bonchev–Trinajstić information content (AvgIpc) is 3.50. The van der Waals surface area contributed by atoms with Crippen molar-refractivity contribution >= 4 is 27.6 Å². The lowest BCUT2D eigenvalue weighted by Gasteiger charge is -2.04. The second-order valence-corrected chi connectivity index (χ2v) is 7.15. The third-order valence-corrected chi connectivity index (χ3v) is 5.19. The lowest BCUT2D eigenvalue weighted by Crippen LogP contribution is -2.23. The zero-order chi connectivity index (χ0) is 20.1. The quantitative estimate of drug-likeness (QED) is 0.431. The first-order valence-corrected chi connectivity index (χ1v) is 9.54. The SMILES string of the molecule is CN1C=C(c2cnc3n[nH]c(-c4nc5c(-c6ccccn6)nccc5[nH]4)c3c2)CN1. The molecule has 0 radical (unpaired) electrons. The van der Waals surface area contributed by atoms with E-state index in [1.54, 1.807) is 12.4 Å². The molecule has 0 saturated carbocycles. The van der Waals surface area contributed by atoms with Crippen molar-refractivity contribution in [2.75, 3.05) is 13.6 Å². The van der Waals surface area contributed by atoms with Crippen LogP contribution in [0, 0.1) is 0 Å². The summed E-state index contributed by atoms with van der Waals surface area (Å²) in [6, 6.07) is 9.76. The van der Waals surface area contributed by atoms with Crippen molar-refractivity contribution < 1.29 is 0 Å². The molecular weight excluding hydrogens is 378 g/mol. The Morgan fingerprint density at radius 3 is 2.87 bits per heavy atom. The van der Waals surface area contributed by atoms with Crippen molar-refractivity contribution in [2.24, 2.45) is 0 Å². The van der Waals surface area contributed by atoms with Gasteiger partial charge in [-0.2, -0.15) is 5.10 Å². The number of imidazole rings is 1. The van der Waals surface area contributed by atoms with Gasteiger partial charge in [-0.05, 0) is 35.4 Å². The van der Waals surface area contributed by atoms with Gasteiger partial charge >= 0.3 is 0 Å². The standard InChI is InChI=1S/C21H17N9/c1-30-11-13(10-25-30)12-8-14-17(28-29-20(14)24-9-12)21-26-16-5-7-23-18(19(16)27-21)15-4-2-3-6-22-15/h2-9,11,25H,10H2,1H3,(H,26,27)(H,24,28,29). The van der Waals surface area contributed by atoms with Gasteiger partial charge in [-0.25, -0.2) is 15.4 Å². The Balaban J connectivity index is 1.50. The molecule has 6 rings (SSSR count). The fourth-order valence-electron chi connectivity index (χ4n) is 3.71. The summed E-state index contributed by atoms with van der Waals surface area (Å²) in [4.78, 5) is 21.7. The van der Waals surface area contributed by atoms with Gasteiger partial charge in [0.2, 0.25) is 0 Å². The van der Waals surface area contributed by atoms with E-state index >= 15 is 0 Å². The monoisotopic (exact) mass is 395 g/mol. The number of hydrogen-bond donors (Lipinski definition) is 3. The molecule has 0 unspecified atom stereocenters. The summed E-state index contributed by atoms with van der Waals surface area (Å²) in [6.45, 7) is 0.764. The van der Waals surface area contributed by atoms with Gasteiger partial charge in [0.05, 0.1) is 16.6 Å². The molecule has 9 nitrogen and oxygen atoms in total. The molecule has 5 aromatic heterocycles. The summed E-state index contributed by atoms with van der Waals surface area (Å²) in [6.07, 6.45) is 7.42. The predicted molar refractivity (Wildman–Crippen MR) is 114 cm³/mol. The number of fused-ring (bicyclic) bond motifs is 2. The third-order valence-electron chi connectivity index (χ3n) is 5.19. The summed E-state index contributed by atoms with van der Waals surface area (Å²) < 4.78 is 0. The molecule has 0 fully saturated rings. The zero-order valence-electron chi connectivity index (χ0n) is 16.1. The normalized spacial score (nSPS) is 14.0. The zero-order valence-corrected chi connectivity index (χ0v) is 16.1. The van der Waals surface area contributed by atoms with Gasteiger partial charge in [0, 0.05) is 38.4 Å². The van der Waals surface area contributed by atoms with E-state index in [0.29, 0.717) is 11.5 Å². The molecule has 30 heavy (non-hydrogen) atoms. The van der Waals surface area contributed by atoms with Gasteiger partial charge in [-0.3, -0.25) is 15.1 Å². The van der Waals surface area contributed by atoms with Crippen LogP contribution in [-0.4, -0.2) is 53.7 Å². The summed E-state index contributed by atoms with van der Waals surface area (Å²) in [7, 11) is 1.98. The molecule has 3 N–H and O–H groups in total. The molecule has 6 heterocycles. The largest absolute Gasteiger partial charge is 0.337 e. The summed E-state index contributed by atoms with van der Waals surface area (Å²) in [5.74, 6) is 0.687. The van der Waals surface area contributed by atoms with Crippen LogP contribution < -0.4 is 5.43 Å². The van der Waals surface area contributed by atoms with Crippen LogP contribution in [0.3, 0.4) is 0 Å². The molecule has 1 aliphatic rings. The minimum absolute atomic E-state index is 0.650. The Morgan fingerprint density at radius 2 is 2.03 bits per heavy atom. The molecular formula is C21H17N9. The first kappa shape index (κ1) is 16.8. The molecule has 0 spiro atoms. The van der Waals surface area contributed by atoms with Crippen molar-refractivity contribution in [1.29, 1.82) is 0 Å². The summed E-state index contributed by atoms with van der Waals surface area (Å²) in [5.41, 5.74) is 10.1. The predicted octanol–water partition coefficient (Wildman–Crippen LogP) is 2.75. The molecule has 0 bridgehead atoms. The fourth-order valence-corrected chi connectivity index (χ4v) is 3.71. The van der Waals surface area contributed by atoms with E-state index in [9.17, 15) is 0 Å². The van der Waals surface area contributed by atoms with Gasteiger partial charge in [-0.1, -0.05) is 6.07 Å². The average molecular weight is 395 g/mol. The minimum atomic E-state index is 0.650. The maximum Gasteiger partial charge on any atom is 0.181 e. The first-order chi connectivity index (χ1) is 14.8. The number of aromatic nitrogens is 7. The molecule has 0 aliphatic carbocycles. The fraction of sp³-hybridized carbons (Fsp3) is 0.0952. The Morgan fingerprint density at radius 1 is 1.07 bits per heavy atom. The van der Waals surface area contributed by atoms with Crippen molar-refractivity contribution in [1.82, 2.24) is 45.6 Å². The molecule has 0 atom stereocenters. The lowest BCUT2D eigenvalue weighted by molar-refractivity contribution is 0.374. The number of hydrogen-bond acceptors (Lipinski definition) is 7. The maximum atomic E-state index is 4.83. The van der Waals surface area contributed by atoms with E-state index in [0.717, 1.165) is 45.6 Å². The number of nitrogens with one attached hydrogen (secondary N) is 3. The summed E-state index contributed by atoms with van der Waals surface area (Å²) in [5, 5.41) is 10.3. The van der Waals surface area contributed by atoms with E-state index in [4.69, 9.17) is 4.98 Å². The van der Waals surface area contributed by atoms with E-state index in [1.165, 1.54) is 5.57 Å². The highest BCUT2D eigenvalue weighted by Gasteiger charge is 2.18. The highest BCUT2D eigenvalue weighted by molar-refractivity contribution is 5.95. The van der Waals surface area contributed by atoms with Crippen LogP contribution in [0.25, 0.3) is 50.5 Å². The molecule has 146 valence electrons. The highest BCUT2D eigenvalue weighted by Crippen LogP contribution is 2.30. The van der Waals surface area contributed by atoms with Gasteiger partial charge in [-0.15, -0.1) is 0 Å². The molecule has 0 saturated heterocycles. The number of hydrazine groups is 1. The minimum Gasteiger partial charge on any atom is -0.337 e. The van der Waals surface area contributed by atoms with Crippen molar-refractivity contribution in [2.45, 2.75) is 0 Å². The Bertz CT molecular complexity index is 1410. The second-order valence-electron chi connectivity index (χ2n) is 7.15. The maximum absolute atomic E-state index is 4.83. The van der Waals surface area contributed by atoms with E-state index in [-0.39, 0.29) is 0 Å². The van der Waals surface area contributed by atoms with Crippen molar-refractivity contribution in [3.63, 3.8) is 0 Å². The van der Waals surface area contributed by atoms with E-state index < -0.39 is 0 Å².